The highest BCUT2D eigenvalue weighted by molar-refractivity contribution is 6.39. The predicted octanol–water partition coefficient (Wildman–Crippen LogP) is 0.554. The molecule has 0 N–H and O–H groups in total. The average molecular weight is 112 g/mol. The van der Waals surface area contributed by atoms with Crippen LogP contribution in [0.4, 0.5) is 0 Å². The van der Waals surface area contributed by atoms with E-state index < -0.39 is 0 Å². The Morgan fingerprint density at radius 1 is 1.50 bits per heavy atom. The Morgan fingerprint density at radius 2 is 2.12 bits per heavy atom. The molecule has 0 aromatic carbocycles. The van der Waals surface area contributed by atoms with Gasteiger partial charge in [0.1, 0.15) is 0 Å². The summed E-state index contributed by atoms with van der Waals surface area (Å²) in [6.07, 6.45) is 1.23. The first kappa shape index (κ1) is 5.48. The van der Waals surface area contributed by atoms with Gasteiger partial charge in [-0.2, -0.15) is 0 Å². The molecule has 0 aromatic rings. The van der Waals surface area contributed by atoms with Crippen molar-refractivity contribution >= 4 is 11.6 Å². The van der Waals surface area contributed by atoms with Crippen molar-refractivity contribution in [2.75, 3.05) is 0 Å². The smallest absolute Gasteiger partial charge is 0.201 e. The van der Waals surface area contributed by atoms with E-state index in [4.69, 9.17) is 0 Å². The van der Waals surface area contributed by atoms with E-state index in [0.29, 0.717) is 6.42 Å². The van der Waals surface area contributed by atoms with E-state index in [-0.39, 0.29) is 17.5 Å². The Labute approximate surface area is 47.9 Å². The molecule has 0 radical (unpaired) electrons. The van der Waals surface area contributed by atoms with Crippen LogP contribution in [0.3, 0.4) is 0 Å². The van der Waals surface area contributed by atoms with Gasteiger partial charge in [0.25, 0.3) is 0 Å². The first-order valence-corrected chi connectivity index (χ1v) is 2.79. The Balaban J connectivity index is 2.71. The van der Waals surface area contributed by atoms with Gasteiger partial charge in [-0.05, 0) is 6.42 Å². The Hall–Kier alpha value is -0.660. The van der Waals surface area contributed by atoms with E-state index in [1.165, 1.54) is 0 Å². The van der Waals surface area contributed by atoms with Crippen molar-refractivity contribution in [2.45, 2.75) is 19.8 Å². The summed E-state index contributed by atoms with van der Waals surface area (Å²) < 4.78 is 0. The zero-order valence-electron chi connectivity index (χ0n) is 4.81. The molecule has 1 aliphatic rings. The van der Waals surface area contributed by atoms with Gasteiger partial charge in [-0.3, -0.25) is 9.59 Å². The Morgan fingerprint density at radius 3 is 2.25 bits per heavy atom. The first-order valence-electron chi connectivity index (χ1n) is 2.79. The molecule has 0 heterocycles. The summed E-state index contributed by atoms with van der Waals surface area (Å²) >= 11 is 0. The van der Waals surface area contributed by atoms with Crippen LogP contribution >= 0.6 is 0 Å². The van der Waals surface area contributed by atoms with Gasteiger partial charge in [-0.15, -0.1) is 0 Å². The van der Waals surface area contributed by atoms with Gasteiger partial charge in [0.05, 0.1) is 0 Å². The van der Waals surface area contributed by atoms with Gasteiger partial charge in [0.2, 0.25) is 5.78 Å². The summed E-state index contributed by atoms with van der Waals surface area (Å²) in [6.45, 7) is 1.80. The summed E-state index contributed by atoms with van der Waals surface area (Å²) in [5, 5.41) is 0. The normalized spacial score (nSPS) is 29.4. The van der Waals surface area contributed by atoms with E-state index in [1.807, 2.05) is 0 Å². The maximum Gasteiger partial charge on any atom is 0.201 e. The zero-order chi connectivity index (χ0) is 6.15. The third kappa shape index (κ3) is 0.661. The largest absolute Gasteiger partial charge is 0.291 e. The fourth-order valence-electron chi connectivity index (χ4n) is 0.877. The summed E-state index contributed by atoms with van der Waals surface area (Å²) in [5.41, 5.74) is 0. The molecule has 0 amide bonds. The quantitative estimate of drug-likeness (QED) is 0.429. The number of Topliss-reactive ketones (excluding diaryl/α,β-unsaturated/α-hetero) is 2. The monoisotopic (exact) mass is 112 g/mol. The van der Waals surface area contributed by atoms with Crippen molar-refractivity contribution in [3.63, 3.8) is 0 Å². The number of hydrogen-bond acceptors (Lipinski definition) is 2. The fourth-order valence-corrected chi connectivity index (χ4v) is 0.877. The minimum Gasteiger partial charge on any atom is -0.291 e. The van der Waals surface area contributed by atoms with Crippen LogP contribution in [0, 0.1) is 5.92 Å². The highest BCUT2D eigenvalue weighted by Crippen LogP contribution is 2.16. The molecule has 0 aromatic heterocycles. The molecule has 0 spiro atoms. The SMILES string of the molecule is C[C@@H]1CCC(=O)C1=O. The molecule has 44 valence electrons. The van der Waals surface area contributed by atoms with E-state index >= 15 is 0 Å². The third-order valence-corrected chi connectivity index (χ3v) is 1.53. The van der Waals surface area contributed by atoms with Crippen molar-refractivity contribution in [1.29, 1.82) is 0 Å². The van der Waals surface area contributed by atoms with E-state index in [9.17, 15) is 9.59 Å². The average Bonchev–Trinajstić information content (AvgIpc) is 1.98. The van der Waals surface area contributed by atoms with E-state index in [0.717, 1.165) is 6.42 Å². The van der Waals surface area contributed by atoms with Crippen LogP contribution in [0.1, 0.15) is 19.8 Å². The molecule has 0 saturated heterocycles. The summed E-state index contributed by atoms with van der Waals surface area (Å²) in [5.74, 6) is -0.356. The number of hydrogen-bond donors (Lipinski definition) is 0. The van der Waals surface area contributed by atoms with Crippen LogP contribution in [-0.4, -0.2) is 11.6 Å². The highest BCUT2D eigenvalue weighted by Gasteiger charge is 2.27. The second-order valence-corrected chi connectivity index (χ2v) is 2.23. The molecular formula is C6H8O2. The molecule has 0 bridgehead atoms. The third-order valence-electron chi connectivity index (χ3n) is 1.53. The summed E-state index contributed by atoms with van der Waals surface area (Å²) in [7, 11) is 0. The van der Waals surface area contributed by atoms with Gasteiger partial charge in [-0.1, -0.05) is 6.92 Å². The van der Waals surface area contributed by atoms with Crippen molar-refractivity contribution in [1.82, 2.24) is 0 Å². The van der Waals surface area contributed by atoms with Crippen LogP contribution in [0.2, 0.25) is 0 Å². The number of carbonyl (C=O) groups is 2. The fraction of sp³-hybridized carbons (Fsp3) is 0.667. The lowest BCUT2D eigenvalue weighted by Gasteiger charge is -1.89. The molecule has 0 unspecified atom stereocenters. The lowest BCUT2D eigenvalue weighted by molar-refractivity contribution is -0.135. The maximum atomic E-state index is 10.6. The molecule has 8 heavy (non-hydrogen) atoms. The molecular weight excluding hydrogens is 104 g/mol. The highest BCUT2D eigenvalue weighted by atomic mass is 16.2. The topological polar surface area (TPSA) is 34.1 Å². The molecule has 2 heteroatoms. The summed E-state index contributed by atoms with van der Waals surface area (Å²) in [4.78, 5) is 21.0. The van der Waals surface area contributed by atoms with Crippen LogP contribution in [0.15, 0.2) is 0 Å². The molecule has 1 fully saturated rings. The number of carbonyl (C=O) groups excluding carboxylic acids is 2. The first-order chi connectivity index (χ1) is 3.72. The van der Waals surface area contributed by atoms with E-state index in [2.05, 4.69) is 0 Å². The van der Waals surface area contributed by atoms with Crippen molar-refractivity contribution < 1.29 is 9.59 Å². The van der Waals surface area contributed by atoms with Gasteiger partial charge in [0, 0.05) is 12.3 Å². The minimum absolute atomic E-state index is 0.00231. The van der Waals surface area contributed by atoms with Gasteiger partial charge >= 0.3 is 0 Å². The standard InChI is InChI=1S/C6H8O2/c1-4-2-3-5(7)6(4)8/h4H,2-3H2,1H3/t4-/m1/s1. The van der Waals surface area contributed by atoms with Gasteiger partial charge in [0.15, 0.2) is 5.78 Å². The van der Waals surface area contributed by atoms with Crippen molar-refractivity contribution in [3.05, 3.63) is 0 Å². The Kier molecular flexibility index (Phi) is 1.16. The molecule has 1 atom stereocenters. The number of ketones is 2. The van der Waals surface area contributed by atoms with Crippen LogP contribution < -0.4 is 0 Å². The van der Waals surface area contributed by atoms with Gasteiger partial charge < -0.3 is 0 Å². The predicted molar refractivity (Wildman–Crippen MR) is 28.4 cm³/mol. The van der Waals surface area contributed by atoms with Crippen LogP contribution in [-0.2, 0) is 9.59 Å². The number of rotatable bonds is 0. The molecule has 1 saturated carbocycles. The minimum atomic E-state index is -0.183. The zero-order valence-corrected chi connectivity index (χ0v) is 4.81. The molecule has 1 aliphatic carbocycles. The molecule has 2 nitrogen and oxygen atoms in total. The second kappa shape index (κ2) is 1.69. The van der Waals surface area contributed by atoms with Gasteiger partial charge in [-0.25, -0.2) is 0 Å². The molecule has 0 aliphatic heterocycles. The van der Waals surface area contributed by atoms with E-state index in [1.54, 1.807) is 6.92 Å². The van der Waals surface area contributed by atoms with Crippen molar-refractivity contribution in [3.8, 4) is 0 Å². The van der Waals surface area contributed by atoms with Crippen LogP contribution in [0.5, 0.6) is 0 Å². The van der Waals surface area contributed by atoms with Crippen LogP contribution in [0.25, 0.3) is 0 Å². The second-order valence-electron chi connectivity index (χ2n) is 2.23. The van der Waals surface area contributed by atoms with Crippen molar-refractivity contribution in [2.24, 2.45) is 5.92 Å². The molecule has 1 rings (SSSR count). The maximum absolute atomic E-state index is 10.6. The lowest BCUT2D eigenvalue weighted by atomic mass is 10.1. The lowest BCUT2D eigenvalue weighted by Crippen LogP contribution is -2.09. The Bertz CT molecular complexity index is 137. The summed E-state index contributed by atoms with van der Waals surface area (Å²) in [6, 6.07) is 0.